The molecule has 0 radical (unpaired) electrons. The number of ether oxygens (including phenoxy) is 1. The van der Waals surface area contributed by atoms with E-state index in [-0.39, 0.29) is 17.4 Å². The van der Waals surface area contributed by atoms with Crippen LogP contribution in [0.3, 0.4) is 0 Å². The highest BCUT2D eigenvalue weighted by atomic mass is 19.4. The number of para-hydroxylation sites is 1. The smallest absolute Gasteiger partial charge is 0.487 e. The second-order valence-corrected chi connectivity index (χ2v) is 9.67. The van der Waals surface area contributed by atoms with Gasteiger partial charge in [0, 0.05) is 44.2 Å². The largest absolute Gasteiger partial charge is 0.490 e. The first kappa shape index (κ1) is 25.9. The van der Waals surface area contributed by atoms with Gasteiger partial charge in [-0.3, -0.25) is 14.7 Å². The van der Waals surface area contributed by atoms with Gasteiger partial charge in [-0.1, -0.05) is 24.3 Å². The van der Waals surface area contributed by atoms with Crippen LogP contribution in [0.2, 0.25) is 0 Å². The molecule has 1 saturated heterocycles. The third-order valence-corrected chi connectivity index (χ3v) is 6.80. The minimum absolute atomic E-state index is 0.153. The van der Waals surface area contributed by atoms with Gasteiger partial charge in [0.05, 0.1) is 5.69 Å². The molecule has 36 heavy (non-hydrogen) atoms. The molecular weight excluding hydrogens is 475 g/mol. The van der Waals surface area contributed by atoms with Crippen molar-refractivity contribution in [3.8, 4) is 5.75 Å². The van der Waals surface area contributed by atoms with Crippen molar-refractivity contribution in [2.45, 2.75) is 68.8 Å². The number of aromatic nitrogens is 1. The topological polar surface area (TPSA) is 91.8 Å². The molecule has 2 N–H and O–H groups in total. The lowest BCUT2D eigenvalue weighted by Crippen LogP contribution is -2.50. The van der Waals surface area contributed by atoms with Gasteiger partial charge in [0.15, 0.2) is 0 Å². The Labute approximate surface area is 207 Å². The van der Waals surface area contributed by atoms with E-state index in [1.807, 2.05) is 24.4 Å². The molecule has 1 atom stereocenters. The minimum Gasteiger partial charge on any atom is -0.487 e. The summed E-state index contributed by atoms with van der Waals surface area (Å²) in [5.41, 5.74) is 2.16. The van der Waals surface area contributed by atoms with E-state index in [1.165, 1.54) is 5.56 Å². The summed E-state index contributed by atoms with van der Waals surface area (Å²) in [5, 5.41) is 10.3. The summed E-state index contributed by atoms with van der Waals surface area (Å²) < 4.78 is 38.3. The van der Waals surface area contributed by atoms with Gasteiger partial charge in [-0.25, -0.2) is 4.79 Å². The predicted molar refractivity (Wildman–Crippen MR) is 125 cm³/mol. The van der Waals surface area contributed by atoms with Crippen LogP contribution in [0, 0.1) is 0 Å². The van der Waals surface area contributed by atoms with Gasteiger partial charge in [0.1, 0.15) is 11.4 Å². The maximum atomic E-state index is 12.5. The van der Waals surface area contributed by atoms with E-state index in [4.69, 9.17) is 14.6 Å². The monoisotopic (exact) mass is 505 g/mol. The van der Waals surface area contributed by atoms with Crippen molar-refractivity contribution in [3.05, 3.63) is 59.9 Å². The van der Waals surface area contributed by atoms with Crippen LogP contribution in [-0.4, -0.2) is 57.8 Å². The highest BCUT2D eigenvalue weighted by molar-refractivity contribution is 5.77. The molecule has 1 aromatic carbocycles. The van der Waals surface area contributed by atoms with Crippen LogP contribution in [0.4, 0.5) is 13.2 Å². The van der Waals surface area contributed by atoms with E-state index in [0.717, 1.165) is 63.2 Å². The number of halogens is 3. The molecule has 3 aliphatic rings. The summed E-state index contributed by atoms with van der Waals surface area (Å²) in [6.45, 7) is 2.89. The maximum absolute atomic E-state index is 12.5. The van der Waals surface area contributed by atoms with Crippen LogP contribution >= 0.6 is 0 Å². The van der Waals surface area contributed by atoms with Crippen LogP contribution in [0.15, 0.2) is 48.7 Å². The molecule has 7 nitrogen and oxygen atoms in total. The number of hydrogen-bond donors (Lipinski definition) is 2. The summed E-state index contributed by atoms with van der Waals surface area (Å²) in [4.78, 5) is 28.4. The first-order chi connectivity index (χ1) is 17.1. The lowest BCUT2D eigenvalue weighted by Gasteiger charge is -2.47. The molecule has 1 spiro atoms. The third-order valence-electron chi connectivity index (χ3n) is 6.80. The van der Waals surface area contributed by atoms with Gasteiger partial charge >= 0.3 is 12.1 Å². The fourth-order valence-corrected chi connectivity index (χ4v) is 4.81. The first-order valence-corrected chi connectivity index (χ1v) is 12.1. The Morgan fingerprint density at radius 3 is 2.39 bits per heavy atom. The summed E-state index contributed by atoms with van der Waals surface area (Å²) >= 11 is 0. The zero-order valence-electron chi connectivity index (χ0n) is 19.8. The number of nitrogens with zero attached hydrogens (tertiary/aromatic N) is 2. The highest BCUT2D eigenvalue weighted by Crippen LogP contribution is 2.46. The van der Waals surface area contributed by atoms with E-state index in [1.54, 1.807) is 0 Å². The molecule has 2 aromatic rings. The normalized spacial score (nSPS) is 20.9. The van der Waals surface area contributed by atoms with E-state index in [9.17, 15) is 18.0 Å². The van der Waals surface area contributed by atoms with Gasteiger partial charge in [-0.05, 0) is 55.9 Å². The molecule has 194 valence electrons. The number of carbonyl (C=O) groups excluding carboxylic acids is 1. The standard InChI is InChI=1S/C24H29N3O2.C2HF3O2/c28-23(26-19-8-9-19)15-18-16-24(29-22-7-2-1-6-21(18)22)10-13-27(14-11-24)17-20-5-3-4-12-25-20;3-2(4,5)1(6)7/h1-7,12,18-19H,8-11,13-17H2,(H,26,28);(H,6,7). The van der Waals surface area contributed by atoms with Gasteiger partial charge in [-0.2, -0.15) is 13.2 Å². The number of amides is 1. The van der Waals surface area contributed by atoms with E-state index < -0.39 is 12.1 Å². The number of carboxylic acids is 1. The van der Waals surface area contributed by atoms with Crippen molar-refractivity contribution >= 4 is 11.9 Å². The molecule has 2 aliphatic heterocycles. The molecule has 1 amide bonds. The van der Waals surface area contributed by atoms with Gasteiger partial charge < -0.3 is 15.2 Å². The SMILES string of the molecule is O=C(CC1CC2(CCN(Cc3ccccn3)CC2)Oc2ccccc21)NC1CC1.O=C(O)C(F)(F)F. The Morgan fingerprint density at radius 2 is 1.78 bits per heavy atom. The fraction of sp³-hybridized carbons (Fsp3) is 0.500. The number of rotatable bonds is 5. The number of nitrogens with one attached hydrogen (secondary N) is 1. The number of benzene rings is 1. The fourth-order valence-electron chi connectivity index (χ4n) is 4.81. The summed E-state index contributed by atoms with van der Waals surface area (Å²) in [5.74, 6) is -1.35. The Kier molecular flexibility index (Phi) is 7.82. The Bertz CT molecular complexity index is 1050. The number of piperidine rings is 1. The lowest BCUT2D eigenvalue weighted by molar-refractivity contribution is -0.192. The maximum Gasteiger partial charge on any atom is 0.490 e. The zero-order chi connectivity index (χ0) is 25.8. The molecule has 2 fully saturated rings. The average Bonchev–Trinajstić information content (AvgIpc) is 3.65. The number of pyridine rings is 1. The van der Waals surface area contributed by atoms with Crippen LogP contribution in [0.5, 0.6) is 5.75 Å². The molecular formula is C26H30F3N3O4. The van der Waals surface area contributed by atoms with Crippen molar-refractivity contribution < 1.29 is 32.6 Å². The van der Waals surface area contributed by atoms with Crippen LogP contribution in [0.25, 0.3) is 0 Å². The third kappa shape index (κ3) is 6.96. The van der Waals surface area contributed by atoms with Crippen molar-refractivity contribution in [3.63, 3.8) is 0 Å². The Hall–Kier alpha value is -3.14. The van der Waals surface area contributed by atoms with E-state index in [2.05, 4.69) is 39.5 Å². The lowest BCUT2D eigenvalue weighted by atomic mass is 9.76. The zero-order valence-corrected chi connectivity index (χ0v) is 19.8. The van der Waals surface area contributed by atoms with Crippen molar-refractivity contribution in [1.82, 2.24) is 15.2 Å². The van der Waals surface area contributed by atoms with Crippen molar-refractivity contribution in [2.24, 2.45) is 0 Å². The van der Waals surface area contributed by atoms with Gasteiger partial charge in [-0.15, -0.1) is 0 Å². The van der Waals surface area contributed by atoms with Gasteiger partial charge in [0.25, 0.3) is 0 Å². The summed E-state index contributed by atoms with van der Waals surface area (Å²) in [7, 11) is 0. The second-order valence-electron chi connectivity index (χ2n) is 9.67. The van der Waals surface area contributed by atoms with E-state index in [0.29, 0.717) is 12.5 Å². The summed E-state index contributed by atoms with van der Waals surface area (Å²) in [6, 6.07) is 14.8. The van der Waals surface area contributed by atoms with Crippen LogP contribution < -0.4 is 10.1 Å². The molecule has 10 heteroatoms. The number of likely N-dealkylation sites (tertiary alicyclic amines) is 1. The van der Waals surface area contributed by atoms with Crippen LogP contribution in [0.1, 0.15) is 55.7 Å². The number of aliphatic carboxylic acids is 1. The van der Waals surface area contributed by atoms with Crippen LogP contribution in [-0.2, 0) is 16.1 Å². The number of fused-ring (bicyclic) bond motifs is 1. The molecule has 3 heterocycles. The first-order valence-electron chi connectivity index (χ1n) is 12.1. The predicted octanol–water partition coefficient (Wildman–Crippen LogP) is 4.28. The molecule has 0 bridgehead atoms. The molecule has 1 unspecified atom stereocenters. The molecule has 1 aliphatic carbocycles. The average molecular weight is 506 g/mol. The molecule has 1 saturated carbocycles. The quantitative estimate of drug-likeness (QED) is 0.630. The van der Waals surface area contributed by atoms with E-state index >= 15 is 0 Å². The van der Waals surface area contributed by atoms with Crippen molar-refractivity contribution in [2.75, 3.05) is 13.1 Å². The Balaban J connectivity index is 0.000000384. The highest BCUT2D eigenvalue weighted by Gasteiger charge is 2.44. The second kappa shape index (κ2) is 10.9. The number of alkyl halides is 3. The molecule has 5 rings (SSSR count). The van der Waals surface area contributed by atoms with Crippen molar-refractivity contribution in [1.29, 1.82) is 0 Å². The molecule has 1 aromatic heterocycles. The number of hydrogen-bond acceptors (Lipinski definition) is 5. The summed E-state index contributed by atoms with van der Waals surface area (Å²) in [6.07, 6.45) is 2.52. The Morgan fingerprint density at radius 1 is 1.11 bits per heavy atom. The number of carboxylic acid groups (broad SMARTS) is 1. The minimum atomic E-state index is -5.08. The number of carbonyl (C=O) groups is 2. The van der Waals surface area contributed by atoms with Gasteiger partial charge in [0.2, 0.25) is 5.91 Å².